The van der Waals surface area contributed by atoms with Crippen LogP contribution in [0.2, 0.25) is 0 Å². The Hall–Kier alpha value is -0.640. The maximum Gasteiger partial charge on any atom is 0.1000 e. The first-order valence-corrected chi connectivity index (χ1v) is 7.12. The molecule has 1 N–H and O–H groups in total. The first kappa shape index (κ1) is 12.8. The zero-order valence-corrected chi connectivity index (χ0v) is 12.3. The smallest absolute Gasteiger partial charge is 0.1000 e. The summed E-state index contributed by atoms with van der Waals surface area (Å²) in [6, 6.07) is 12.1. The van der Waals surface area contributed by atoms with Crippen molar-refractivity contribution >= 4 is 27.3 Å². The van der Waals surface area contributed by atoms with Crippen molar-refractivity contribution < 1.29 is 5.11 Å². The van der Waals surface area contributed by atoms with Gasteiger partial charge in [0.2, 0.25) is 0 Å². The van der Waals surface area contributed by atoms with E-state index in [1.54, 1.807) is 11.3 Å². The van der Waals surface area contributed by atoms with Gasteiger partial charge in [-0.15, -0.1) is 11.3 Å². The Balaban J connectivity index is 2.22. The molecule has 2 aromatic rings. The lowest BCUT2D eigenvalue weighted by Gasteiger charge is -2.22. The zero-order valence-electron chi connectivity index (χ0n) is 9.90. The van der Waals surface area contributed by atoms with E-state index in [2.05, 4.69) is 35.0 Å². The van der Waals surface area contributed by atoms with E-state index in [9.17, 15) is 5.11 Å². The highest BCUT2D eigenvalue weighted by molar-refractivity contribution is 9.10. The molecule has 1 unspecified atom stereocenters. The number of hydrogen-bond acceptors (Lipinski definition) is 2. The third-order valence-corrected chi connectivity index (χ3v) is 4.46. The number of aryl methyl sites for hydroxylation is 1. The van der Waals surface area contributed by atoms with Crippen LogP contribution in [-0.4, -0.2) is 5.11 Å². The molecule has 0 aliphatic rings. The second-order valence-corrected chi connectivity index (χ2v) is 6.69. The average molecular weight is 311 g/mol. The second-order valence-electron chi connectivity index (χ2n) is 4.49. The third kappa shape index (κ3) is 3.18. The molecule has 0 radical (unpaired) electrons. The highest BCUT2D eigenvalue weighted by Crippen LogP contribution is 2.31. The van der Waals surface area contributed by atoms with Crippen LogP contribution in [0.15, 0.2) is 40.9 Å². The van der Waals surface area contributed by atoms with Gasteiger partial charge < -0.3 is 5.11 Å². The quantitative estimate of drug-likeness (QED) is 0.897. The van der Waals surface area contributed by atoms with Gasteiger partial charge in [-0.25, -0.2) is 0 Å². The lowest BCUT2D eigenvalue weighted by Crippen LogP contribution is -2.22. The summed E-state index contributed by atoms with van der Waals surface area (Å²) in [6.45, 7) is 3.93. The zero-order chi connectivity index (χ0) is 12.5. The van der Waals surface area contributed by atoms with E-state index in [4.69, 9.17) is 0 Å². The molecule has 1 atom stereocenters. The normalized spacial score (nSPS) is 14.6. The Labute approximate surface area is 114 Å². The van der Waals surface area contributed by atoms with E-state index in [0.717, 1.165) is 14.9 Å². The molecule has 1 aromatic carbocycles. The number of rotatable bonds is 3. The summed E-state index contributed by atoms with van der Waals surface area (Å²) >= 11 is 5.11. The highest BCUT2D eigenvalue weighted by atomic mass is 79.9. The largest absolute Gasteiger partial charge is 0.384 e. The third-order valence-electron chi connectivity index (χ3n) is 2.71. The Bertz CT molecular complexity index is 516. The predicted molar refractivity (Wildman–Crippen MR) is 76.5 cm³/mol. The molecule has 1 aromatic heterocycles. The number of aliphatic hydroxyl groups is 1. The van der Waals surface area contributed by atoms with Crippen LogP contribution in [0.25, 0.3) is 0 Å². The topological polar surface area (TPSA) is 20.2 Å². The van der Waals surface area contributed by atoms with Crippen molar-refractivity contribution in [3.05, 3.63) is 56.2 Å². The maximum atomic E-state index is 10.5. The van der Waals surface area contributed by atoms with Crippen molar-refractivity contribution in [1.82, 2.24) is 0 Å². The fraction of sp³-hybridized carbons (Fsp3) is 0.286. The SMILES string of the molecule is Cc1ccc(C(C)(O)Cc2cccc(Br)c2)s1. The number of hydrogen-bond donors (Lipinski definition) is 1. The Morgan fingerprint density at radius 3 is 2.65 bits per heavy atom. The van der Waals surface area contributed by atoms with E-state index in [1.165, 1.54) is 4.88 Å². The van der Waals surface area contributed by atoms with Crippen molar-refractivity contribution in [1.29, 1.82) is 0 Å². The molecule has 0 bridgehead atoms. The molecule has 0 fully saturated rings. The summed E-state index contributed by atoms with van der Waals surface area (Å²) in [5.41, 5.74) is 0.343. The molecule has 0 amide bonds. The maximum absolute atomic E-state index is 10.5. The molecule has 0 saturated heterocycles. The summed E-state index contributed by atoms with van der Waals surface area (Å²) in [4.78, 5) is 2.25. The Kier molecular flexibility index (Phi) is 3.71. The molecule has 0 saturated carbocycles. The average Bonchev–Trinajstić information content (AvgIpc) is 2.65. The minimum Gasteiger partial charge on any atom is -0.384 e. The van der Waals surface area contributed by atoms with Crippen LogP contribution in [0.4, 0.5) is 0 Å². The lowest BCUT2D eigenvalue weighted by molar-refractivity contribution is 0.0615. The molecular weight excluding hydrogens is 296 g/mol. The van der Waals surface area contributed by atoms with Gasteiger partial charge in [0.15, 0.2) is 0 Å². The molecule has 0 spiro atoms. The van der Waals surface area contributed by atoms with Crippen molar-refractivity contribution in [2.45, 2.75) is 25.9 Å². The molecular formula is C14H15BrOS. The predicted octanol–water partition coefficient (Wildman–Crippen LogP) is 4.27. The van der Waals surface area contributed by atoms with Gasteiger partial charge >= 0.3 is 0 Å². The number of thiophene rings is 1. The molecule has 90 valence electrons. The fourth-order valence-corrected chi connectivity index (χ4v) is 3.21. The molecule has 0 aliphatic heterocycles. The van der Waals surface area contributed by atoms with Crippen molar-refractivity contribution in [2.75, 3.05) is 0 Å². The monoisotopic (exact) mass is 310 g/mol. The first-order chi connectivity index (χ1) is 7.97. The van der Waals surface area contributed by atoms with Crippen LogP contribution in [0, 0.1) is 6.92 Å². The van der Waals surface area contributed by atoms with Gasteiger partial charge in [-0.1, -0.05) is 28.1 Å². The highest BCUT2D eigenvalue weighted by Gasteiger charge is 2.25. The molecule has 1 nitrogen and oxygen atoms in total. The van der Waals surface area contributed by atoms with Gasteiger partial charge in [0.1, 0.15) is 0 Å². The van der Waals surface area contributed by atoms with Gasteiger partial charge in [0.25, 0.3) is 0 Å². The van der Waals surface area contributed by atoms with Crippen molar-refractivity contribution in [2.24, 2.45) is 0 Å². The van der Waals surface area contributed by atoms with E-state index in [-0.39, 0.29) is 0 Å². The van der Waals surface area contributed by atoms with Crippen LogP contribution < -0.4 is 0 Å². The molecule has 2 rings (SSSR count). The van der Waals surface area contributed by atoms with Crippen LogP contribution in [0.1, 0.15) is 22.2 Å². The summed E-state index contributed by atoms with van der Waals surface area (Å²) in [6.07, 6.45) is 0.631. The molecule has 3 heteroatoms. The van der Waals surface area contributed by atoms with E-state index in [0.29, 0.717) is 6.42 Å². The minimum absolute atomic E-state index is 0.631. The van der Waals surface area contributed by atoms with Gasteiger partial charge in [0, 0.05) is 20.6 Å². The first-order valence-electron chi connectivity index (χ1n) is 5.51. The van der Waals surface area contributed by atoms with Gasteiger partial charge in [-0.2, -0.15) is 0 Å². The summed E-state index contributed by atoms with van der Waals surface area (Å²) in [5, 5.41) is 10.5. The summed E-state index contributed by atoms with van der Waals surface area (Å²) in [7, 11) is 0. The molecule has 0 aliphatic carbocycles. The van der Waals surface area contributed by atoms with E-state index in [1.807, 2.05) is 31.2 Å². The minimum atomic E-state index is -0.792. The van der Waals surface area contributed by atoms with Crippen molar-refractivity contribution in [3.8, 4) is 0 Å². The number of benzene rings is 1. The van der Waals surface area contributed by atoms with Crippen molar-refractivity contribution in [3.63, 3.8) is 0 Å². The standard InChI is InChI=1S/C14H15BrOS/c1-10-6-7-13(17-10)14(2,16)9-11-4-3-5-12(15)8-11/h3-8,16H,9H2,1-2H3. The van der Waals surface area contributed by atoms with Gasteiger partial charge in [-0.05, 0) is 43.7 Å². The lowest BCUT2D eigenvalue weighted by atomic mass is 9.95. The van der Waals surface area contributed by atoms with Gasteiger partial charge in [-0.3, -0.25) is 0 Å². The molecule has 17 heavy (non-hydrogen) atoms. The van der Waals surface area contributed by atoms with Crippen LogP contribution in [0.3, 0.4) is 0 Å². The summed E-state index contributed by atoms with van der Waals surface area (Å²) < 4.78 is 1.05. The van der Waals surface area contributed by atoms with Crippen LogP contribution >= 0.6 is 27.3 Å². The van der Waals surface area contributed by atoms with Gasteiger partial charge in [0.05, 0.1) is 5.60 Å². The fourth-order valence-electron chi connectivity index (χ4n) is 1.86. The second kappa shape index (κ2) is 4.92. The molecule has 1 heterocycles. The van der Waals surface area contributed by atoms with E-state index >= 15 is 0 Å². The van der Waals surface area contributed by atoms with Crippen LogP contribution in [-0.2, 0) is 12.0 Å². The van der Waals surface area contributed by atoms with E-state index < -0.39 is 5.60 Å². The summed E-state index contributed by atoms with van der Waals surface area (Å²) in [5.74, 6) is 0. The Morgan fingerprint density at radius 2 is 2.06 bits per heavy atom. The van der Waals surface area contributed by atoms with Crippen LogP contribution in [0.5, 0.6) is 0 Å². The Morgan fingerprint density at radius 1 is 1.29 bits per heavy atom. The number of halogens is 1.